The van der Waals surface area contributed by atoms with Gasteiger partial charge in [-0.2, -0.15) is 0 Å². The van der Waals surface area contributed by atoms with Crippen LogP contribution in [-0.4, -0.2) is 46.9 Å². The number of nitrogens with zero attached hydrogens (tertiary/aromatic N) is 1. The molecule has 0 amide bonds. The Morgan fingerprint density at radius 3 is 2.43 bits per heavy atom. The first kappa shape index (κ1) is 16.8. The fraction of sp³-hybridized carbons (Fsp3) is 0.294. The lowest BCUT2D eigenvalue weighted by atomic mass is 10.0. The maximum Gasteiger partial charge on any atom is 0.204 e. The third-order valence-electron chi connectivity index (χ3n) is 3.72. The molecule has 0 saturated heterocycles. The van der Waals surface area contributed by atoms with Crippen LogP contribution in [0.4, 0.5) is 5.69 Å². The van der Waals surface area contributed by atoms with Crippen LogP contribution < -0.4 is 5.32 Å². The lowest BCUT2D eigenvalue weighted by molar-refractivity contribution is -0.116. The SMILES string of the molecule is Cc1cc(NC2=CC(=O)C(N(C)CCO)=CC2=O)c(C)cc1O. The Balaban J connectivity index is 2.24. The number of phenolic OH excluding ortho intramolecular Hbond substituents is 1. The van der Waals surface area contributed by atoms with Gasteiger partial charge in [0, 0.05) is 31.4 Å². The minimum absolute atomic E-state index is 0.101. The van der Waals surface area contributed by atoms with Crippen molar-refractivity contribution < 1.29 is 19.8 Å². The maximum atomic E-state index is 12.2. The molecule has 0 saturated carbocycles. The number of hydrogen-bond donors (Lipinski definition) is 3. The summed E-state index contributed by atoms with van der Waals surface area (Å²) in [6.45, 7) is 3.73. The first-order valence-electron chi connectivity index (χ1n) is 7.24. The summed E-state index contributed by atoms with van der Waals surface area (Å²) in [7, 11) is 1.65. The number of aliphatic hydroxyl groups excluding tert-OH is 1. The van der Waals surface area contributed by atoms with E-state index in [4.69, 9.17) is 5.11 Å². The summed E-state index contributed by atoms with van der Waals surface area (Å²) in [6.07, 6.45) is 2.52. The number of carbonyl (C=O) groups excluding carboxylic acids is 2. The number of ketones is 2. The van der Waals surface area contributed by atoms with Crippen LogP contribution in [0.25, 0.3) is 0 Å². The van der Waals surface area contributed by atoms with E-state index < -0.39 is 0 Å². The van der Waals surface area contributed by atoms with Crippen molar-refractivity contribution in [2.24, 2.45) is 0 Å². The molecule has 3 N–H and O–H groups in total. The highest BCUT2D eigenvalue weighted by Gasteiger charge is 2.23. The quantitative estimate of drug-likeness (QED) is 0.560. The average Bonchev–Trinajstić information content (AvgIpc) is 2.48. The number of benzene rings is 1. The van der Waals surface area contributed by atoms with Crippen molar-refractivity contribution in [3.63, 3.8) is 0 Å². The van der Waals surface area contributed by atoms with Gasteiger partial charge in [0.1, 0.15) is 5.75 Å². The van der Waals surface area contributed by atoms with Crippen molar-refractivity contribution in [2.75, 3.05) is 25.5 Å². The molecule has 0 unspecified atom stereocenters. The lowest BCUT2D eigenvalue weighted by Gasteiger charge is -2.23. The predicted octanol–water partition coefficient (Wildman–Crippen LogP) is 1.26. The van der Waals surface area contributed by atoms with Crippen molar-refractivity contribution in [1.29, 1.82) is 0 Å². The zero-order valence-corrected chi connectivity index (χ0v) is 13.4. The number of likely N-dealkylation sites (N-methyl/N-ethyl adjacent to an activating group) is 1. The molecule has 0 spiro atoms. The van der Waals surface area contributed by atoms with E-state index in [2.05, 4.69) is 5.32 Å². The van der Waals surface area contributed by atoms with Gasteiger partial charge >= 0.3 is 0 Å². The minimum atomic E-state index is -0.311. The highest BCUT2D eigenvalue weighted by atomic mass is 16.3. The minimum Gasteiger partial charge on any atom is -0.508 e. The molecule has 0 radical (unpaired) electrons. The molecule has 0 aliphatic heterocycles. The first-order chi connectivity index (χ1) is 10.8. The molecule has 0 aromatic heterocycles. The number of aliphatic hydroxyl groups is 1. The van der Waals surface area contributed by atoms with Crippen LogP contribution in [0.5, 0.6) is 5.75 Å². The second-order valence-electron chi connectivity index (χ2n) is 5.54. The molecule has 0 heterocycles. The first-order valence-corrected chi connectivity index (χ1v) is 7.24. The fourth-order valence-corrected chi connectivity index (χ4v) is 2.30. The number of aromatic hydroxyl groups is 1. The van der Waals surface area contributed by atoms with Gasteiger partial charge in [-0.1, -0.05) is 0 Å². The molecule has 122 valence electrons. The largest absolute Gasteiger partial charge is 0.508 e. The molecule has 0 fully saturated rings. The number of nitrogens with one attached hydrogen (secondary N) is 1. The van der Waals surface area contributed by atoms with E-state index in [1.54, 1.807) is 37.9 Å². The highest BCUT2D eigenvalue weighted by molar-refractivity contribution is 6.20. The molecule has 1 aromatic carbocycles. The summed E-state index contributed by atoms with van der Waals surface area (Å²) in [6, 6.07) is 3.32. The van der Waals surface area contributed by atoms with Crippen molar-refractivity contribution in [2.45, 2.75) is 13.8 Å². The van der Waals surface area contributed by atoms with Gasteiger partial charge in [0.2, 0.25) is 11.6 Å². The number of anilines is 1. The third-order valence-corrected chi connectivity index (χ3v) is 3.72. The number of phenols is 1. The number of carbonyl (C=O) groups is 2. The standard InChI is InChI=1S/C17H20N2O4/c1-10-7-15(21)11(2)6-12(10)18-13-8-17(23)14(9-16(13)22)19(3)4-5-20/h6-9,18,20-21H,4-5H2,1-3H3. The van der Waals surface area contributed by atoms with Gasteiger partial charge in [-0.25, -0.2) is 0 Å². The van der Waals surface area contributed by atoms with Crippen LogP contribution in [0.2, 0.25) is 0 Å². The highest BCUT2D eigenvalue weighted by Crippen LogP contribution is 2.27. The van der Waals surface area contributed by atoms with E-state index in [0.29, 0.717) is 11.3 Å². The van der Waals surface area contributed by atoms with Crippen LogP contribution in [0.3, 0.4) is 0 Å². The summed E-state index contributed by atoms with van der Waals surface area (Å²) in [5.41, 5.74) is 2.54. The summed E-state index contributed by atoms with van der Waals surface area (Å²) in [5, 5.41) is 21.6. The van der Waals surface area contributed by atoms with Gasteiger partial charge in [-0.05, 0) is 37.1 Å². The van der Waals surface area contributed by atoms with E-state index >= 15 is 0 Å². The molecule has 1 aliphatic rings. The van der Waals surface area contributed by atoms with E-state index in [1.165, 1.54) is 12.2 Å². The van der Waals surface area contributed by atoms with Gasteiger partial charge in [0.15, 0.2) is 0 Å². The summed E-state index contributed by atoms with van der Waals surface area (Å²) in [5.74, 6) is -0.424. The molecular formula is C17H20N2O4. The Kier molecular flexibility index (Phi) is 4.86. The monoisotopic (exact) mass is 316 g/mol. The predicted molar refractivity (Wildman–Crippen MR) is 87.1 cm³/mol. The Morgan fingerprint density at radius 1 is 1.09 bits per heavy atom. The van der Waals surface area contributed by atoms with Crippen LogP contribution in [0, 0.1) is 13.8 Å². The van der Waals surface area contributed by atoms with Crippen molar-refractivity contribution in [1.82, 2.24) is 4.90 Å². The number of aryl methyl sites for hydroxylation is 2. The molecule has 1 aliphatic carbocycles. The molecular weight excluding hydrogens is 296 g/mol. The fourth-order valence-electron chi connectivity index (χ4n) is 2.30. The maximum absolute atomic E-state index is 12.2. The lowest BCUT2D eigenvalue weighted by Crippen LogP contribution is -2.30. The van der Waals surface area contributed by atoms with Crippen molar-refractivity contribution in [3.8, 4) is 5.75 Å². The summed E-state index contributed by atoms with van der Waals surface area (Å²) in [4.78, 5) is 25.9. The van der Waals surface area contributed by atoms with Crippen LogP contribution in [0.1, 0.15) is 11.1 Å². The van der Waals surface area contributed by atoms with Gasteiger partial charge in [0.05, 0.1) is 18.0 Å². The second-order valence-corrected chi connectivity index (χ2v) is 5.54. The Morgan fingerprint density at radius 2 is 1.78 bits per heavy atom. The normalized spacial score (nSPS) is 14.4. The van der Waals surface area contributed by atoms with Gasteiger partial charge in [0.25, 0.3) is 0 Å². The number of hydrogen-bond acceptors (Lipinski definition) is 6. The smallest absolute Gasteiger partial charge is 0.204 e. The molecule has 0 atom stereocenters. The van der Waals surface area contributed by atoms with Crippen LogP contribution in [0.15, 0.2) is 35.7 Å². The van der Waals surface area contributed by atoms with Gasteiger partial charge < -0.3 is 20.4 Å². The zero-order chi connectivity index (χ0) is 17.1. The summed E-state index contributed by atoms with van der Waals surface area (Å²) >= 11 is 0. The number of rotatable bonds is 5. The van der Waals surface area contributed by atoms with Gasteiger partial charge in [-0.3, -0.25) is 9.59 Å². The molecule has 1 aromatic rings. The molecule has 6 nitrogen and oxygen atoms in total. The Hall–Kier alpha value is -2.60. The van der Waals surface area contributed by atoms with Gasteiger partial charge in [-0.15, -0.1) is 0 Å². The van der Waals surface area contributed by atoms with Crippen molar-refractivity contribution >= 4 is 17.3 Å². The van der Waals surface area contributed by atoms with E-state index in [-0.39, 0.29) is 41.9 Å². The third kappa shape index (κ3) is 3.60. The Labute approximate surface area is 134 Å². The number of allylic oxidation sites excluding steroid dienone is 2. The van der Waals surface area contributed by atoms with E-state index in [9.17, 15) is 14.7 Å². The van der Waals surface area contributed by atoms with E-state index in [1.807, 2.05) is 0 Å². The molecule has 0 bridgehead atoms. The van der Waals surface area contributed by atoms with Crippen LogP contribution in [-0.2, 0) is 9.59 Å². The van der Waals surface area contributed by atoms with E-state index in [0.717, 1.165) is 5.56 Å². The zero-order valence-electron chi connectivity index (χ0n) is 13.4. The molecule has 23 heavy (non-hydrogen) atoms. The van der Waals surface area contributed by atoms with Crippen molar-refractivity contribution in [3.05, 3.63) is 46.8 Å². The molecule has 2 rings (SSSR count). The Bertz CT molecular complexity index is 720. The topological polar surface area (TPSA) is 89.9 Å². The summed E-state index contributed by atoms with van der Waals surface area (Å²) < 4.78 is 0. The average molecular weight is 316 g/mol. The molecule has 6 heteroatoms. The van der Waals surface area contributed by atoms with Crippen LogP contribution >= 0.6 is 0 Å². The second kappa shape index (κ2) is 6.66.